The number of nitrogens with zero attached hydrogens (tertiary/aromatic N) is 2. The zero-order chi connectivity index (χ0) is 19.8. The van der Waals surface area contributed by atoms with Crippen LogP contribution in [-0.4, -0.2) is 46.9 Å². The highest BCUT2D eigenvalue weighted by molar-refractivity contribution is 8.01. The number of carbonyl (C=O) groups is 2. The number of hydrogen-bond donors (Lipinski definition) is 4. The zero-order valence-electron chi connectivity index (χ0n) is 15.9. The fourth-order valence-corrected chi connectivity index (χ4v) is 3.28. The van der Waals surface area contributed by atoms with E-state index in [2.05, 4.69) is 31.3 Å². The summed E-state index contributed by atoms with van der Waals surface area (Å²) in [6.45, 7) is 7.91. The van der Waals surface area contributed by atoms with Gasteiger partial charge in [0.05, 0.1) is 0 Å². The maximum atomic E-state index is 12.6. The van der Waals surface area contributed by atoms with E-state index in [0.717, 1.165) is 11.8 Å². The van der Waals surface area contributed by atoms with Crippen molar-refractivity contribution in [3.63, 3.8) is 0 Å². The number of thioether (sulfide) groups is 1. The number of ketones is 1. The molecular weight excluding hydrogens is 364 g/mol. The van der Waals surface area contributed by atoms with Gasteiger partial charge in [-0.2, -0.15) is 0 Å². The standard InChI is InChI=1S/C18H26N6O2S/c1-5-19-16-22-17(20-11(2)3)24-18(23-16)27-14(12(4)25)15(26)21-13-9-7-6-8-10-13/h6-11,14,18H,5H2,1-4H3,(H,21,26)(H3,19,20,22,23,24). The Morgan fingerprint density at radius 2 is 2.00 bits per heavy atom. The molecule has 2 atom stereocenters. The van der Waals surface area contributed by atoms with E-state index in [4.69, 9.17) is 0 Å². The minimum atomic E-state index is -0.896. The largest absolute Gasteiger partial charge is 0.354 e. The smallest absolute Gasteiger partial charge is 0.245 e. The van der Waals surface area contributed by atoms with Gasteiger partial charge >= 0.3 is 0 Å². The average Bonchev–Trinajstić information content (AvgIpc) is 2.59. The Hall–Kier alpha value is -2.55. The molecule has 146 valence electrons. The van der Waals surface area contributed by atoms with Gasteiger partial charge in [0.15, 0.2) is 17.2 Å². The number of Topliss-reactive ketones (excluding diaryl/α,β-unsaturated/α-hetero) is 1. The number of guanidine groups is 2. The highest BCUT2D eigenvalue weighted by Crippen LogP contribution is 2.21. The lowest BCUT2D eigenvalue weighted by atomic mass is 10.2. The molecular formula is C18H26N6O2S. The number of anilines is 1. The van der Waals surface area contributed by atoms with Crippen LogP contribution in [0.5, 0.6) is 0 Å². The first kappa shape index (κ1) is 20.8. The maximum Gasteiger partial charge on any atom is 0.245 e. The van der Waals surface area contributed by atoms with Crippen molar-refractivity contribution < 1.29 is 9.59 Å². The molecule has 0 saturated heterocycles. The van der Waals surface area contributed by atoms with Crippen LogP contribution in [-0.2, 0) is 9.59 Å². The monoisotopic (exact) mass is 390 g/mol. The molecule has 2 rings (SSSR count). The van der Waals surface area contributed by atoms with Crippen LogP contribution in [0.2, 0.25) is 0 Å². The van der Waals surface area contributed by atoms with Crippen LogP contribution >= 0.6 is 11.8 Å². The molecule has 0 saturated carbocycles. The Morgan fingerprint density at radius 3 is 2.59 bits per heavy atom. The minimum absolute atomic E-state index is 0.174. The molecule has 0 bridgehead atoms. The highest BCUT2D eigenvalue weighted by atomic mass is 32.2. The molecule has 0 aromatic heterocycles. The predicted molar refractivity (Wildman–Crippen MR) is 111 cm³/mol. The summed E-state index contributed by atoms with van der Waals surface area (Å²) in [6.07, 6.45) is 0. The van der Waals surface area contributed by atoms with Crippen molar-refractivity contribution in [2.75, 3.05) is 11.9 Å². The number of benzene rings is 1. The fraction of sp³-hybridized carbons (Fsp3) is 0.444. The van der Waals surface area contributed by atoms with Crippen LogP contribution in [0.25, 0.3) is 0 Å². The van der Waals surface area contributed by atoms with Gasteiger partial charge in [-0.25, -0.2) is 4.99 Å². The van der Waals surface area contributed by atoms with Crippen molar-refractivity contribution in [2.24, 2.45) is 9.98 Å². The number of hydrogen-bond acceptors (Lipinski definition) is 6. The molecule has 4 N–H and O–H groups in total. The summed E-state index contributed by atoms with van der Waals surface area (Å²) in [6, 6.07) is 9.23. The van der Waals surface area contributed by atoms with Crippen molar-refractivity contribution in [1.82, 2.24) is 16.0 Å². The normalized spacial score (nSPS) is 18.9. The van der Waals surface area contributed by atoms with E-state index in [1.165, 1.54) is 6.92 Å². The lowest BCUT2D eigenvalue weighted by Crippen LogP contribution is -2.56. The van der Waals surface area contributed by atoms with Gasteiger partial charge in [0.2, 0.25) is 11.9 Å². The molecule has 27 heavy (non-hydrogen) atoms. The Kier molecular flexibility index (Phi) is 7.66. The Labute approximate surface area is 163 Å². The van der Waals surface area contributed by atoms with E-state index in [1.807, 2.05) is 39.0 Å². The average molecular weight is 391 g/mol. The number of aliphatic imine (C=N–C) groups is 2. The summed E-state index contributed by atoms with van der Waals surface area (Å²) in [4.78, 5) is 33.5. The number of rotatable bonds is 7. The van der Waals surface area contributed by atoms with Gasteiger partial charge in [0, 0.05) is 18.3 Å². The molecule has 0 radical (unpaired) electrons. The molecule has 1 heterocycles. The number of para-hydroxylation sites is 1. The molecule has 8 nitrogen and oxygen atoms in total. The van der Waals surface area contributed by atoms with Crippen molar-refractivity contribution in [3.8, 4) is 0 Å². The van der Waals surface area contributed by atoms with E-state index in [-0.39, 0.29) is 17.7 Å². The lowest BCUT2D eigenvalue weighted by Gasteiger charge is -2.28. The van der Waals surface area contributed by atoms with E-state index in [0.29, 0.717) is 24.2 Å². The van der Waals surface area contributed by atoms with Crippen LogP contribution in [0.4, 0.5) is 5.69 Å². The third-order valence-electron chi connectivity index (χ3n) is 3.40. The number of nitrogens with one attached hydrogen (secondary N) is 4. The van der Waals surface area contributed by atoms with E-state index in [9.17, 15) is 9.59 Å². The molecule has 0 spiro atoms. The van der Waals surface area contributed by atoms with Gasteiger partial charge in [-0.15, -0.1) is 0 Å². The van der Waals surface area contributed by atoms with E-state index < -0.39 is 10.7 Å². The number of carbonyl (C=O) groups excluding carboxylic acids is 2. The minimum Gasteiger partial charge on any atom is -0.354 e. The summed E-state index contributed by atoms with van der Waals surface area (Å²) >= 11 is 1.14. The third kappa shape index (κ3) is 6.59. The molecule has 0 aliphatic carbocycles. The zero-order valence-corrected chi connectivity index (χ0v) is 16.8. The first-order chi connectivity index (χ1) is 12.9. The molecule has 1 aliphatic heterocycles. The van der Waals surface area contributed by atoms with Crippen LogP contribution < -0.4 is 21.3 Å². The third-order valence-corrected chi connectivity index (χ3v) is 4.70. The maximum absolute atomic E-state index is 12.6. The molecule has 1 aromatic carbocycles. The van der Waals surface area contributed by atoms with Crippen molar-refractivity contribution in [1.29, 1.82) is 0 Å². The Balaban J connectivity index is 2.14. The van der Waals surface area contributed by atoms with Crippen LogP contribution in [0.3, 0.4) is 0 Å². The van der Waals surface area contributed by atoms with Gasteiger partial charge in [0.1, 0.15) is 5.25 Å². The van der Waals surface area contributed by atoms with Crippen LogP contribution in [0.15, 0.2) is 40.3 Å². The Bertz CT molecular complexity index is 720. The van der Waals surface area contributed by atoms with Gasteiger partial charge in [-0.05, 0) is 39.8 Å². The first-order valence-corrected chi connectivity index (χ1v) is 9.77. The van der Waals surface area contributed by atoms with Crippen molar-refractivity contribution in [3.05, 3.63) is 30.3 Å². The second-order valence-electron chi connectivity index (χ2n) is 6.20. The molecule has 1 amide bonds. The van der Waals surface area contributed by atoms with Crippen molar-refractivity contribution >= 4 is 41.1 Å². The summed E-state index contributed by atoms with van der Waals surface area (Å²) in [5.74, 6) is 0.496. The van der Waals surface area contributed by atoms with Gasteiger partial charge in [-0.1, -0.05) is 30.0 Å². The second kappa shape index (κ2) is 9.96. The second-order valence-corrected chi connectivity index (χ2v) is 7.39. The van der Waals surface area contributed by atoms with E-state index in [1.54, 1.807) is 12.1 Å². The Morgan fingerprint density at radius 1 is 1.30 bits per heavy atom. The summed E-state index contributed by atoms with van der Waals surface area (Å²) in [7, 11) is 0. The number of amides is 1. The summed E-state index contributed by atoms with van der Waals surface area (Å²) < 4.78 is 0. The molecule has 1 aromatic rings. The van der Waals surface area contributed by atoms with Gasteiger partial charge in [0.25, 0.3) is 0 Å². The predicted octanol–water partition coefficient (Wildman–Crippen LogP) is 1.52. The molecule has 0 fully saturated rings. The van der Waals surface area contributed by atoms with Crippen LogP contribution in [0, 0.1) is 0 Å². The lowest BCUT2D eigenvalue weighted by molar-refractivity contribution is -0.123. The summed E-state index contributed by atoms with van der Waals surface area (Å²) in [5.41, 5.74) is 0.125. The van der Waals surface area contributed by atoms with Gasteiger partial charge < -0.3 is 16.0 Å². The van der Waals surface area contributed by atoms with Crippen LogP contribution in [0.1, 0.15) is 27.7 Å². The molecule has 2 unspecified atom stereocenters. The first-order valence-electron chi connectivity index (χ1n) is 8.83. The summed E-state index contributed by atoms with van der Waals surface area (Å²) in [5, 5.41) is 11.2. The van der Waals surface area contributed by atoms with E-state index >= 15 is 0 Å². The van der Waals surface area contributed by atoms with Gasteiger partial charge in [-0.3, -0.25) is 19.9 Å². The quantitative estimate of drug-likeness (QED) is 0.526. The molecule has 9 heteroatoms. The fourth-order valence-electron chi connectivity index (χ4n) is 2.30. The molecule has 1 aliphatic rings. The topological polar surface area (TPSA) is 107 Å². The SMILES string of the molecule is CCN=C1NC(NC(C)C)=NC(SC(C(C)=O)C(=O)Nc2ccccc2)N1. The highest BCUT2D eigenvalue weighted by Gasteiger charge is 2.30. The van der Waals surface area contributed by atoms with Crippen molar-refractivity contribution in [2.45, 2.75) is 44.5 Å².